The topological polar surface area (TPSA) is 47.2 Å². The molecule has 0 bridgehead atoms. The van der Waals surface area contributed by atoms with Gasteiger partial charge in [0, 0.05) is 6.20 Å². The fourth-order valence-electron chi connectivity index (χ4n) is 1.34. The van der Waals surface area contributed by atoms with Gasteiger partial charge in [0.2, 0.25) is 6.08 Å². The lowest BCUT2D eigenvalue weighted by Gasteiger charge is -2.02. The van der Waals surface area contributed by atoms with Crippen LogP contribution in [0.1, 0.15) is 5.56 Å². The summed E-state index contributed by atoms with van der Waals surface area (Å²) in [7, 11) is 0. The van der Waals surface area contributed by atoms with Crippen LogP contribution >= 0.6 is 0 Å². The predicted molar refractivity (Wildman–Crippen MR) is 56.3 cm³/mol. The molecule has 0 aliphatic heterocycles. The molecule has 2 aromatic rings. The van der Waals surface area contributed by atoms with Crippen LogP contribution in [0.4, 0.5) is 18.9 Å². The van der Waals surface area contributed by atoms with Crippen molar-refractivity contribution in [3.63, 3.8) is 0 Å². The van der Waals surface area contributed by atoms with Crippen LogP contribution in [0, 0.1) is 0 Å². The van der Waals surface area contributed by atoms with Crippen molar-refractivity contribution < 1.29 is 18.0 Å². The molecule has 0 spiro atoms. The number of hydrogen-bond acceptors (Lipinski definition) is 3. The highest BCUT2D eigenvalue weighted by Gasteiger charge is 2.32. The van der Waals surface area contributed by atoms with Crippen LogP contribution in [0.2, 0.25) is 0 Å². The van der Waals surface area contributed by atoms with Crippen molar-refractivity contribution >= 4 is 11.8 Å². The van der Waals surface area contributed by atoms with Gasteiger partial charge in [-0.15, -0.1) is 0 Å². The SMILES string of the molecule is O=C=Nc1ccc(-n2cc(C(F)(F)F)cn2)cc1. The summed E-state index contributed by atoms with van der Waals surface area (Å²) in [5, 5.41) is 3.62. The normalized spacial score (nSPS) is 11.1. The first-order valence-corrected chi connectivity index (χ1v) is 4.81. The van der Waals surface area contributed by atoms with E-state index in [0.29, 0.717) is 11.4 Å². The van der Waals surface area contributed by atoms with E-state index >= 15 is 0 Å². The Morgan fingerprint density at radius 3 is 2.39 bits per heavy atom. The Morgan fingerprint density at radius 1 is 1.22 bits per heavy atom. The average molecular weight is 253 g/mol. The van der Waals surface area contributed by atoms with Crippen molar-refractivity contribution in [3.05, 3.63) is 42.2 Å². The monoisotopic (exact) mass is 253 g/mol. The summed E-state index contributed by atoms with van der Waals surface area (Å²) < 4.78 is 38.2. The number of aliphatic imine (C=N–C) groups is 1. The smallest absolute Gasteiger partial charge is 0.240 e. The first kappa shape index (κ1) is 12.1. The Hall–Kier alpha value is -2.40. The van der Waals surface area contributed by atoms with Gasteiger partial charge in [-0.25, -0.2) is 9.48 Å². The Balaban J connectivity index is 2.32. The van der Waals surface area contributed by atoms with E-state index in [9.17, 15) is 18.0 Å². The molecule has 7 heteroatoms. The molecule has 0 aliphatic rings. The van der Waals surface area contributed by atoms with Gasteiger partial charge in [0.1, 0.15) is 0 Å². The van der Waals surface area contributed by atoms with Crippen LogP contribution < -0.4 is 0 Å². The molecule has 1 heterocycles. The maximum absolute atomic E-state index is 12.4. The molecule has 0 saturated heterocycles. The fourth-order valence-corrected chi connectivity index (χ4v) is 1.34. The number of hydrogen-bond donors (Lipinski definition) is 0. The molecule has 0 amide bonds. The number of aromatic nitrogens is 2. The molecule has 1 aromatic carbocycles. The molecule has 92 valence electrons. The van der Waals surface area contributed by atoms with E-state index in [1.807, 2.05) is 0 Å². The van der Waals surface area contributed by atoms with E-state index in [-0.39, 0.29) is 0 Å². The van der Waals surface area contributed by atoms with Gasteiger partial charge in [-0.2, -0.15) is 23.3 Å². The summed E-state index contributed by atoms with van der Waals surface area (Å²) >= 11 is 0. The zero-order valence-electron chi connectivity index (χ0n) is 8.85. The Bertz CT molecular complexity index is 595. The molecule has 0 saturated carbocycles. The van der Waals surface area contributed by atoms with Gasteiger partial charge >= 0.3 is 6.18 Å². The highest BCUT2D eigenvalue weighted by molar-refractivity contribution is 5.51. The molecule has 2 rings (SSSR count). The third-order valence-electron chi connectivity index (χ3n) is 2.20. The zero-order chi connectivity index (χ0) is 13.2. The van der Waals surface area contributed by atoms with Crippen LogP contribution in [0.25, 0.3) is 5.69 Å². The third kappa shape index (κ3) is 2.46. The summed E-state index contributed by atoms with van der Waals surface area (Å²) in [6.45, 7) is 0. The molecule has 0 N–H and O–H groups in total. The maximum Gasteiger partial charge on any atom is 0.419 e. The predicted octanol–water partition coefficient (Wildman–Crippen LogP) is 2.86. The van der Waals surface area contributed by atoms with Crippen LogP contribution in [-0.2, 0) is 11.0 Å². The van der Waals surface area contributed by atoms with E-state index in [0.717, 1.165) is 17.1 Å². The summed E-state index contributed by atoms with van der Waals surface area (Å²) in [6, 6.07) is 5.97. The fraction of sp³-hybridized carbons (Fsp3) is 0.0909. The second kappa shape index (κ2) is 4.46. The van der Waals surface area contributed by atoms with Crippen LogP contribution in [0.15, 0.2) is 41.7 Å². The third-order valence-corrected chi connectivity index (χ3v) is 2.20. The molecule has 0 aliphatic carbocycles. The summed E-state index contributed by atoms with van der Waals surface area (Å²) in [5.41, 5.74) is -0.00945. The molecule has 1 aromatic heterocycles. The van der Waals surface area contributed by atoms with E-state index in [4.69, 9.17) is 0 Å². The van der Waals surface area contributed by atoms with Crippen LogP contribution in [-0.4, -0.2) is 15.9 Å². The first-order chi connectivity index (χ1) is 8.50. The van der Waals surface area contributed by atoms with E-state index in [1.165, 1.54) is 30.3 Å². The molecule has 0 unspecified atom stereocenters. The number of rotatable bonds is 2. The lowest BCUT2D eigenvalue weighted by molar-refractivity contribution is -0.137. The number of benzene rings is 1. The minimum Gasteiger partial charge on any atom is -0.240 e. The number of isocyanates is 1. The van der Waals surface area contributed by atoms with Crippen molar-refractivity contribution in [3.8, 4) is 5.69 Å². The van der Waals surface area contributed by atoms with Gasteiger partial charge in [-0.05, 0) is 24.3 Å². The second-order valence-electron chi connectivity index (χ2n) is 3.39. The highest BCUT2D eigenvalue weighted by Crippen LogP contribution is 2.29. The second-order valence-corrected chi connectivity index (χ2v) is 3.39. The first-order valence-electron chi connectivity index (χ1n) is 4.81. The lowest BCUT2D eigenvalue weighted by atomic mass is 10.3. The highest BCUT2D eigenvalue weighted by atomic mass is 19.4. The van der Waals surface area contributed by atoms with Gasteiger partial charge < -0.3 is 0 Å². The van der Waals surface area contributed by atoms with Crippen molar-refractivity contribution in [2.45, 2.75) is 6.18 Å². The van der Waals surface area contributed by atoms with Crippen molar-refractivity contribution in [1.29, 1.82) is 0 Å². The number of alkyl halides is 3. The zero-order valence-corrected chi connectivity index (χ0v) is 8.85. The Kier molecular flexibility index (Phi) is 2.99. The summed E-state index contributed by atoms with van der Waals surface area (Å²) in [4.78, 5) is 13.4. The summed E-state index contributed by atoms with van der Waals surface area (Å²) in [5.74, 6) is 0. The minimum atomic E-state index is -4.42. The van der Waals surface area contributed by atoms with Crippen molar-refractivity contribution in [2.75, 3.05) is 0 Å². The molecular weight excluding hydrogens is 247 g/mol. The number of nitrogens with zero attached hydrogens (tertiary/aromatic N) is 3. The van der Waals surface area contributed by atoms with Gasteiger partial charge in [0.05, 0.1) is 23.1 Å². The van der Waals surface area contributed by atoms with E-state index in [1.54, 1.807) is 0 Å². The molecule has 18 heavy (non-hydrogen) atoms. The standard InChI is InChI=1S/C11H6F3N3O/c12-11(13,14)8-5-16-17(6-8)10-3-1-9(2-4-10)15-7-18/h1-6H. The van der Waals surface area contributed by atoms with E-state index in [2.05, 4.69) is 10.1 Å². The number of carbonyl (C=O) groups excluding carboxylic acids is 1. The quantitative estimate of drug-likeness (QED) is 0.610. The lowest BCUT2D eigenvalue weighted by Crippen LogP contribution is -2.02. The van der Waals surface area contributed by atoms with Gasteiger partial charge in [-0.3, -0.25) is 0 Å². The Labute approximate surface area is 99.4 Å². The Morgan fingerprint density at radius 2 is 1.89 bits per heavy atom. The van der Waals surface area contributed by atoms with Crippen LogP contribution in [0.5, 0.6) is 0 Å². The van der Waals surface area contributed by atoms with Gasteiger partial charge in [-0.1, -0.05) is 0 Å². The molecular formula is C11H6F3N3O. The van der Waals surface area contributed by atoms with Crippen LogP contribution in [0.3, 0.4) is 0 Å². The van der Waals surface area contributed by atoms with Gasteiger partial charge in [0.15, 0.2) is 0 Å². The summed E-state index contributed by atoms with van der Waals surface area (Å²) in [6.07, 6.45) is -1.41. The molecule has 0 fully saturated rings. The van der Waals surface area contributed by atoms with E-state index < -0.39 is 11.7 Å². The average Bonchev–Trinajstić information content (AvgIpc) is 2.79. The molecule has 4 nitrogen and oxygen atoms in total. The molecule has 0 atom stereocenters. The number of halogens is 3. The maximum atomic E-state index is 12.4. The van der Waals surface area contributed by atoms with Gasteiger partial charge in [0.25, 0.3) is 0 Å². The molecule has 0 radical (unpaired) electrons. The largest absolute Gasteiger partial charge is 0.419 e. The van der Waals surface area contributed by atoms with Crippen molar-refractivity contribution in [2.24, 2.45) is 4.99 Å². The minimum absolute atomic E-state index is 0.372. The van der Waals surface area contributed by atoms with Crippen molar-refractivity contribution in [1.82, 2.24) is 9.78 Å².